The average Bonchev–Trinajstić information content (AvgIpc) is 2.97. The van der Waals surface area contributed by atoms with E-state index in [0.29, 0.717) is 17.4 Å². The molecule has 1 aliphatic carbocycles. The van der Waals surface area contributed by atoms with E-state index in [-0.39, 0.29) is 11.2 Å². The zero-order valence-corrected chi connectivity index (χ0v) is 14.9. The topological polar surface area (TPSA) is 12.5 Å². The van der Waals surface area contributed by atoms with Gasteiger partial charge < -0.3 is 4.74 Å². The lowest BCUT2D eigenvalue weighted by Gasteiger charge is -2.22. The SMILES string of the molecule is Cc1ccc(C2C3CN(Cc4ccccc4)CC32C)cc1OC(F)(F)F. The molecule has 5 heteroatoms. The van der Waals surface area contributed by atoms with Crippen LogP contribution in [0.15, 0.2) is 48.5 Å². The number of benzene rings is 2. The zero-order chi connectivity index (χ0) is 18.5. The minimum Gasteiger partial charge on any atom is -0.406 e. The third-order valence-corrected chi connectivity index (χ3v) is 5.92. The molecule has 0 bridgehead atoms. The number of alkyl halides is 3. The van der Waals surface area contributed by atoms with E-state index in [1.165, 1.54) is 5.56 Å². The molecule has 0 spiro atoms. The van der Waals surface area contributed by atoms with Gasteiger partial charge in [0.25, 0.3) is 0 Å². The third-order valence-electron chi connectivity index (χ3n) is 5.92. The van der Waals surface area contributed by atoms with Gasteiger partial charge in [0.1, 0.15) is 5.75 Å². The summed E-state index contributed by atoms with van der Waals surface area (Å²) in [6.45, 7) is 6.77. The molecule has 4 rings (SSSR count). The molecule has 2 aromatic rings. The highest BCUT2D eigenvalue weighted by atomic mass is 19.4. The summed E-state index contributed by atoms with van der Waals surface area (Å²) >= 11 is 0. The summed E-state index contributed by atoms with van der Waals surface area (Å²) in [4.78, 5) is 2.44. The highest BCUT2D eigenvalue weighted by Crippen LogP contribution is 2.68. The molecule has 1 saturated heterocycles. The first kappa shape index (κ1) is 17.4. The van der Waals surface area contributed by atoms with Gasteiger partial charge in [0.15, 0.2) is 0 Å². The standard InChI is InChI=1S/C21H22F3NO/c1-14-8-9-16(10-18(14)26-21(22,23)24)19-17-12-25(13-20(17,19)2)11-15-6-4-3-5-7-15/h3-10,17,19H,11-13H2,1-2H3. The van der Waals surface area contributed by atoms with Crippen LogP contribution in [0.3, 0.4) is 0 Å². The smallest absolute Gasteiger partial charge is 0.406 e. The number of hydrogen-bond donors (Lipinski definition) is 0. The van der Waals surface area contributed by atoms with E-state index in [1.54, 1.807) is 19.1 Å². The van der Waals surface area contributed by atoms with Gasteiger partial charge in [-0.3, -0.25) is 4.90 Å². The molecule has 0 N–H and O–H groups in total. The highest BCUT2D eigenvalue weighted by molar-refractivity contribution is 5.43. The minimum absolute atomic E-state index is 0.0790. The van der Waals surface area contributed by atoms with Crippen molar-refractivity contribution in [2.45, 2.75) is 32.7 Å². The Bertz CT molecular complexity index is 805. The number of nitrogens with zero attached hydrogens (tertiary/aromatic N) is 1. The van der Waals surface area contributed by atoms with Crippen LogP contribution in [-0.2, 0) is 6.54 Å². The Morgan fingerprint density at radius 2 is 1.88 bits per heavy atom. The molecule has 3 unspecified atom stereocenters. The normalized spacial score (nSPS) is 28.0. The fraction of sp³-hybridized carbons (Fsp3) is 0.429. The average molecular weight is 361 g/mol. The number of hydrogen-bond acceptors (Lipinski definition) is 2. The quantitative estimate of drug-likeness (QED) is 0.749. The second-order valence-corrected chi connectivity index (χ2v) is 7.82. The molecule has 0 amide bonds. The van der Waals surface area contributed by atoms with Gasteiger partial charge >= 0.3 is 6.36 Å². The van der Waals surface area contributed by atoms with Crippen LogP contribution in [0.1, 0.15) is 29.5 Å². The van der Waals surface area contributed by atoms with Crippen molar-refractivity contribution in [3.8, 4) is 5.75 Å². The van der Waals surface area contributed by atoms with Gasteiger partial charge in [-0.05, 0) is 46.9 Å². The van der Waals surface area contributed by atoms with Crippen molar-refractivity contribution in [3.63, 3.8) is 0 Å². The van der Waals surface area contributed by atoms with E-state index in [1.807, 2.05) is 24.3 Å². The lowest BCUT2D eigenvalue weighted by Crippen LogP contribution is -2.25. The minimum atomic E-state index is -4.65. The maximum atomic E-state index is 12.6. The molecule has 3 atom stereocenters. The van der Waals surface area contributed by atoms with Crippen molar-refractivity contribution in [3.05, 3.63) is 65.2 Å². The molecule has 2 nitrogen and oxygen atoms in total. The van der Waals surface area contributed by atoms with Crippen molar-refractivity contribution < 1.29 is 17.9 Å². The summed E-state index contributed by atoms with van der Waals surface area (Å²) in [6.07, 6.45) is -4.65. The van der Waals surface area contributed by atoms with Crippen LogP contribution in [-0.4, -0.2) is 24.4 Å². The van der Waals surface area contributed by atoms with E-state index in [2.05, 4.69) is 28.7 Å². The van der Waals surface area contributed by atoms with Crippen molar-refractivity contribution in [1.82, 2.24) is 4.90 Å². The maximum Gasteiger partial charge on any atom is 0.573 e. The lowest BCUT2D eigenvalue weighted by molar-refractivity contribution is -0.274. The molecule has 2 aliphatic rings. The maximum absolute atomic E-state index is 12.6. The number of halogens is 3. The van der Waals surface area contributed by atoms with Gasteiger partial charge in [-0.2, -0.15) is 0 Å². The van der Waals surface area contributed by atoms with Crippen LogP contribution >= 0.6 is 0 Å². The van der Waals surface area contributed by atoms with Gasteiger partial charge in [-0.15, -0.1) is 13.2 Å². The molecule has 1 saturated carbocycles. The number of aryl methyl sites for hydroxylation is 1. The molecule has 0 aromatic heterocycles. The predicted molar refractivity (Wildman–Crippen MR) is 93.9 cm³/mol. The Balaban J connectivity index is 1.46. The van der Waals surface area contributed by atoms with Crippen molar-refractivity contribution in [2.24, 2.45) is 11.3 Å². The monoisotopic (exact) mass is 361 g/mol. The first-order chi connectivity index (χ1) is 12.3. The second kappa shape index (κ2) is 6.02. The van der Waals surface area contributed by atoms with Crippen molar-refractivity contribution in [1.29, 1.82) is 0 Å². The number of ether oxygens (including phenoxy) is 1. The lowest BCUT2D eigenvalue weighted by atomic mass is 9.99. The van der Waals surface area contributed by atoms with Crippen LogP contribution in [0.4, 0.5) is 13.2 Å². The van der Waals surface area contributed by atoms with E-state index < -0.39 is 6.36 Å². The van der Waals surface area contributed by atoms with E-state index >= 15 is 0 Å². The Labute approximate surface area is 151 Å². The second-order valence-electron chi connectivity index (χ2n) is 7.82. The molecular formula is C21H22F3NO. The predicted octanol–water partition coefficient (Wildman–Crippen LogP) is 5.13. The number of piperidine rings is 1. The van der Waals surface area contributed by atoms with Crippen LogP contribution in [0.2, 0.25) is 0 Å². The molecule has 0 radical (unpaired) electrons. The molecular weight excluding hydrogens is 339 g/mol. The van der Waals surface area contributed by atoms with Crippen molar-refractivity contribution in [2.75, 3.05) is 13.1 Å². The fourth-order valence-electron chi connectivity index (χ4n) is 4.63. The van der Waals surface area contributed by atoms with Gasteiger partial charge in [0, 0.05) is 19.6 Å². The summed E-state index contributed by atoms with van der Waals surface area (Å²) in [5, 5.41) is 0. The summed E-state index contributed by atoms with van der Waals surface area (Å²) in [5.74, 6) is 0.725. The Morgan fingerprint density at radius 1 is 1.15 bits per heavy atom. The van der Waals surface area contributed by atoms with Crippen LogP contribution in [0.5, 0.6) is 5.75 Å². The van der Waals surface area contributed by atoms with Crippen LogP contribution in [0.25, 0.3) is 0 Å². The molecule has 138 valence electrons. The molecule has 1 heterocycles. The summed E-state index contributed by atoms with van der Waals surface area (Å²) in [5.41, 5.74) is 2.90. The Morgan fingerprint density at radius 3 is 2.50 bits per heavy atom. The number of rotatable bonds is 4. The molecule has 1 aliphatic heterocycles. The fourth-order valence-corrected chi connectivity index (χ4v) is 4.63. The first-order valence-electron chi connectivity index (χ1n) is 8.89. The van der Waals surface area contributed by atoms with E-state index in [9.17, 15) is 13.2 Å². The van der Waals surface area contributed by atoms with Gasteiger partial charge in [-0.1, -0.05) is 49.4 Å². The largest absolute Gasteiger partial charge is 0.573 e. The van der Waals surface area contributed by atoms with Crippen LogP contribution < -0.4 is 4.74 Å². The van der Waals surface area contributed by atoms with Crippen molar-refractivity contribution >= 4 is 0 Å². The Kier molecular flexibility index (Phi) is 4.03. The van der Waals surface area contributed by atoms with Gasteiger partial charge in [-0.25, -0.2) is 0 Å². The first-order valence-corrected chi connectivity index (χ1v) is 8.89. The molecule has 2 fully saturated rings. The summed E-state index contributed by atoms with van der Waals surface area (Å²) < 4.78 is 42.0. The third kappa shape index (κ3) is 3.20. The number of likely N-dealkylation sites (tertiary alicyclic amines) is 1. The van der Waals surface area contributed by atoms with E-state index in [0.717, 1.165) is 25.2 Å². The molecule has 2 aromatic carbocycles. The zero-order valence-electron chi connectivity index (χ0n) is 14.9. The van der Waals surface area contributed by atoms with Gasteiger partial charge in [0.05, 0.1) is 0 Å². The van der Waals surface area contributed by atoms with E-state index in [4.69, 9.17) is 0 Å². The Hall–Kier alpha value is -2.01. The summed E-state index contributed by atoms with van der Waals surface area (Å²) in [6, 6.07) is 15.6. The summed E-state index contributed by atoms with van der Waals surface area (Å²) in [7, 11) is 0. The van der Waals surface area contributed by atoms with Gasteiger partial charge in [0.2, 0.25) is 0 Å². The van der Waals surface area contributed by atoms with Crippen LogP contribution in [0, 0.1) is 18.3 Å². The number of fused-ring (bicyclic) bond motifs is 1. The highest BCUT2D eigenvalue weighted by Gasteiger charge is 2.65. The molecule has 26 heavy (non-hydrogen) atoms.